The van der Waals surface area contributed by atoms with Crippen molar-refractivity contribution in [1.29, 1.82) is 0 Å². The predicted molar refractivity (Wildman–Crippen MR) is 78.3 cm³/mol. The lowest BCUT2D eigenvalue weighted by Gasteiger charge is -2.21. The fraction of sp³-hybridized carbons (Fsp3) is 0.462. The summed E-state index contributed by atoms with van der Waals surface area (Å²) in [6.45, 7) is 0.728. The highest BCUT2D eigenvalue weighted by Gasteiger charge is 2.15. The summed E-state index contributed by atoms with van der Waals surface area (Å²) < 4.78 is 0. The summed E-state index contributed by atoms with van der Waals surface area (Å²) in [6.07, 6.45) is 3.75. The third-order valence-corrected chi connectivity index (χ3v) is 4.76. The standard InChI is InChI=1S/C13H17ClN2OS/c14-11-5-4-9(7-12(11)15)13(17)16-8-10-3-1-2-6-18-10/h4-5,7,10H,1-3,6,8,15H2,(H,16,17). The Morgan fingerprint density at radius 1 is 1.50 bits per heavy atom. The minimum Gasteiger partial charge on any atom is -0.398 e. The second-order valence-electron chi connectivity index (χ2n) is 4.43. The normalized spacial score (nSPS) is 19.5. The van der Waals surface area contributed by atoms with E-state index in [2.05, 4.69) is 5.32 Å². The SMILES string of the molecule is Nc1cc(C(=O)NCC2CCCCS2)ccc1Cl. The molecule has 1 atom stereocenters. The molecule has 0 bridgehead atoms. The molecule has 18 heavy (non-hydrogen) atoms. The van der Waals surface area contributed by atoms with Crippen molar-refractivity contribution in [3.05, 3.63) is 28.8 Å². The molecule has 0 radical (unpaired) electrons. The van der Waals surface area contributed by atoms with Crippen LogP contribution in [0.1, 0.15) is 29.6 Å². The largest absolute Gasteiger partial charge is 0.398 e. The Morgan fingerprint density at radius 3 is 3.00 bits per heavy atom. The van der Waals surface area contributed by atoms with E-state index in [4.69, 9.17) is 17.3 Å². The zero-order valence-corrected chi connectivity index (χ0v) is 11.7. The lowest BCUT2D eigenvalue weighted by Crippen LogP contribution is -2.31. The van der Waals surface area contributed by atoms with Crippen molar-refractivity contribution < 1.29 is 4.79 Å². The van der Waals surface area contributed by atoms with Crippen LogP contribution in [0.5, 0.6) is 0 Å². The van der Waals surface area contributed by atoms with Crippen LogP contribution in [-0.2, 0) is 0 Å². The second kappa shape index (κ2) is 6.34. The van der Waals surface area contributed by atoms with E-state index in [0.29, 0.717) is 21.5 Å². The van der Waals surface area contributed by atoms with Gasteiger partial charge in [0.25, 0.3) is 5.91 Å². The monoisotopic (exact) mass is 284 g/mol. The Bertz CT molecular complexity index is 433. The van der Waals surface area contributed by atoms with E-state index >= 15 is 0 Å². The summed E-state index contributed by atoms with van der Waals surface area (Å²) in [5.41, 5.74) is 6.69. The smallest absolute Gasteiger partial charge is 0.251 e. The number of nitrogen functional groups attached to an aromatic ring is 1. The van der Waals surface area contributed by atoms with Crippen molar-refractivity contribution in [2.75, 3.05) is 18.0 Å². The Balaban J connectivity index is 1.88. The molecule has 1 aliphatic rings. The summed E-state index contributed by atoms with van der Waals surface area (Å²) in [7, 11) is 0. The van der Waals surface area contributed by atoms with Crippen LogP contribution in [0.4, 0.5) is 5.69 Å². The van der Waals surface area contributed by atoms with Crippen molar-refractivity contribution in [2.24, 2.45) is 0 Å². The molecule has 1 aromatic rings. The van der Waals surface area contributed by atoms with E-state index in [1.54, 1.807) is 18.2 Å². The van der Waals surface area contributed by atoms with Gasteiger partial charge in [-0.3, -0.25) is 4.79 Å². The number of carbonyl (C=O) groups excluding carboxylic acids is 1. The van der Waals surface area contributed by atoms with Crippen molar-refractivity contribution in [2.45, 2.75) is 24.5 Å². The molecular weight excluding hydrogens is 268 g/mol. The molecule has 1 heterocycles. The molecule has 1 unspecified atom stereocenters. The number of carbonyl (C=O) groups is 1. The van der Waals surface area contributed by atoms with Crippen LogP contribution in [0.2, 0.25) is 5.02 Å². The molecule has 0 spiro atoms. The molecule has 0 saturated carbocycles. The average molecular weight is 285 g/mol. The van der Waals surface area contributed by atoms with Crippen LogP contribution < -0.4 is 11.1 Å². The fourth-order valence-corrected chi connectivity index (χ4v) is 3.32. The summed E-state index contributed by atoms with van der Waals surface area (Å²) in [5.74, 6) is 1.12. The van der Waals surface area contributed by atoms with Gasteiger partial charge in [0.1, 0.15) is 0 Å². The summed E-state index contributed by atoms with van der Waals surface area (Å²) >= 11 is 7.77. The van der Waals surface area contributed by atoms with Crippen LogP contribution in [-0.4, -0.2) is 23.5 Å². The van der Waals surface area contributed by atoms with Crippen LogP contribution >= 0.6 is 23.4 Å². The van der Waals surface area contributed by atoms with Crippen molar-refractivity contribution in [1.82, 2.24) is 5.32 Å². The van der Waals surface area contributed by atoms with Crippen LogP contribution in [0, 0.1) is 0 Å². The third-order valence-electron chi connectivity index (χ3n) is 3.02. The Hall–Kier alpha value is -0.870. The molecule has 1 fully saturated rings. The van der Waals surface area contributed by atoms with Gasteiger partial charge in [-0.2, -0.15) is 11.8 Å². The first kappa shape index (κ1) is 13.6. The van der Waals surface area contributed by atoms with E-state index in [0.717, 1.165) is 6.54 Å². The van der Waals surface area contributed by atoms with E-state index in [-0.39, 0.29) is 5.91 Å². The van der Waals surface area contributed by atoms with Crippen molar-refractivity contribution in [3.63, 3.8) is 0 Å². The van der Waals surface area contributed by atoms with Gasteiger partial charge >= 0.3 is 0 Å². The molecule has 2 rings (SSSR count). The minimum absolute atomic E-state index is 0.0791. The van der Waals surface area contributed by atoms with Crippen LogP contribution in [0.15, 0.2) is 18.2 Å². The van der Waals surface area contributed by atoms with Gasteiger partial charge < -0.3 is 11.1 Å². The number of thioether (sulfide) groups is 1. The zero-order chi connectivity index (χ0) is 13.0. The Morgan fingerprint density at radius 2 is 2.33 bits per heavy atom. The van der Waals surface area contributed by atoms with Crippen molar-refractivity contribution in [3.8, 4) is 0 Å². The maximum atomic E-state index is 11.9. The third kappa shape index (κ3) is 3.56. The number of nitrogens with two attached hydrogens (primary N) is 1. The summed E-state index contributed by atoms with van der Waals surface area (Å²) in [5, 5.41) is 3.99. The Labute approximate surface area is 116 Å². The molecule has 1 aromatic carbocycles. The maximum Gasteiger partial charge on any atom is 0.251 e. The lowest BCUT2D eigenvalue weighted by molar-refractivity contribution is 0.0953. The van der Waals surface area contributed by atoms with Gasteiger partial charge in [-0.1, -0.05) is 18.0 Å². The van der Waals surface area contributed by atoms with E-state index in [1.807, 2.05) is 11.8 Å². The highest BCUT2D eigenvalue weighted by Crippen LogP contribution is 2.24. The first-order chi connectivity index (χ1) is 8.66. The lowest BCUT2D eigenvalue weighted by atomic mass is 10.1. The minimum atomic E-state index is -0.0791. The van der Waals surface area contributed by atoms with Crippen LogP contribution in [0.25, 0.3) is 0 Å². The highest BCUT2D eigenvalue weighted by atomic mass is 35.5. The van der Waals surface area contributed by atoms with E-state index in [9.17, 15) is 4.79 Å². The molecule has 1 amide bonds. The van der Waals surface area contributed by atoms with Gasteiger partial charge in [-0.05, 0) is 36.8 Å². The molecule has 1 aliphatic heterocycles. The number of rotatable bonds is 3. The van der Waals surface area contributed by atoms with E-state index < -0.39 is 0 Å². The zero-order valence-electron chi connectivity index (χ0n) is 10.1. The molecular formula is C13H17ClN2OS. The van der Waals surface area contributed by atoms with Gasteiger partial charge in [0, 0.05) is 17.4 Å². The Kier molecular flexibility index (Phi) is 4.78. The number of hydrogen-bond acceptors (Lipinski definition) is 3. The molecule has 0 aliphatic carbocycles. The van der Waals surface area contributed by atoms with Gasteiger partial charge in [0.15, 0.2) is 0 Å². The average Bonchev–Trinajstić information content (AvgIpc) is 2.40. The number of hydrogen-bond donors (Lipinski definition) is 2. The molecule has 1 saturated heterocycles. The number of nitrogens with one attached hydrogen (secondary N) is 1. The van der Waals surface area contributed by atoms with Crippen molar-refractivity contribution >= 4 is 35.0 Å². The van der Waals surface area contributed by atoms with Gasteiger partial charge in [0.2, 0.25) is 0 Å². The number of halogens is 1. The molecule has 5 heteroatoms. The van der Waals surface area contributed by atoms with Gasteiger partial charge in [-0.25, -0.2) is 0 Å². The number of anilines is 1. The summed E-state index contributed by atoms with van der Waals surface area (Å²) in [6, 6.07) is 4.97. The number of benzene rings is 1. The molecule has 3 N–H and O–H groups in total. The topological polar surface area (TPSA) is 55.1 Å². The molecule has 98 valence electrons. The molecule has 3 nitrogen and oxygen atoms in total. The fourth-order valence-electron chi connectivity index (χ4n) is 1.96. The first-order valence-electron chi connectivity index (χ1n) is 6.11. The molecule has 0 aromatic heterocycles. The second-order valence-corrected chi connectivity index (χ2v) is 6.25. The highest BCUT2D eigenvalue weighted by molar-refractivity contribution is 7.99. The summed E-state index contributed by atoms with van der Waals surface area (Å²) in [4.78, 5) is 11.9. The first-order valence-corrected chi connectivity index (χ1v) is 7.54. The predicted octanol–water partition coefficient (Wildman–Crippen LogP) is 2.94. The quantitative estimate of drug-likeness (QED) is 0.839. The van der Waals surface area contributed by atoms with Gasteiger partial charge in [-0.15, -0.1) is 0 Å². The van der Waals surface area contributed by atoms with E-state index in [1.165, 1.54) is 25.0 Å². The number of amides is 1. The van der Waals surface area contributed by atoms with Gasteiger partial charge in [0.05, 0.1) is 10.7 Å². The van der Waals surface area contributed by atoms with Crippen LogP contribution in [0.3, 0.4) is 0 Å². The maximum absolute atomic E-state index is 11.9.